The van der Waals surface area contributed by atoms with Gasteiger partial charge in [0.15, 0.2) is 0 Å². The van der Waals surface area contributed by atoms with Crippen LogP contribution in [0.5, 0.6) is 0 Å². The Balaban J connectivity index is 2.66. The molecule has 17 heavy (non-hydrogen) atoms. The summed E-state index contributed by atoms with van der Waals surface area (Å²) in [7, 11) is 0. The van der Waals surface area contributed by atoms with Gasteiger partial charge in [-0.1, -0.05) is 19.1 Å². The zero-order valence-electron chi connectivity index (χ0n) is 9.62. The van der Waals surface area contributed by atoms with Crippen LogP contribution < -0.4 is 0 Å². The van der Waals surface area contributed by atoms with E-state index in [2.05, 4.69) is 37.8 Å². The van der Waals surface area contributed by atoms with Crippen molar-refractivity contribution in [2.75, 3.05) is 0 Å². The van der Waals surface area contributed by atoms with Gasteiger partial charge in [0.25, 0.3) is 0 Å². The van der Waals surface area contributed by atoms with Gasteiger partial charge < -0.3 is 4.98 Å². The fourth-order valence-corrected chi connectivity index (χ4v) is 2.27. The molecule has 0 amide bonds. The van der Waals surface area contributed by atoms with Crippen LogP contribution in [0.3, 0.4) is 0 Å². The van der Waals surface area contributed by atoms with E-state index in [9.17, 15) is 0 Å². The van der Waals surface area contributed by atoms with Gasteiger partial charge in [-0.05, 0) is 40.9 Å². The molecule has 2 aromatic heterocycles. The Morgan fingerprint density at radius 1 is 1.47 bits per heavy atom. The standard InChI is InChI=1S/C12H12BrN3S/c1-3-9-10(13)12(17)16-11(15-9)8-6-14-5-4-7(8)2/h4-6H,3H2,1-2H3,(H,15,16,17). The summed E-state index contributed by atoms with van der Waals surface area (Å²) in [6.07, 6.45) is 4.45. The van der Waals surface area contributed by atoms with Crippen LogP contribution in [0.1, 0.15) is 18.2 Å². The van der Waals surface area contributed by atoms with Crippen LogP contribution in [0.25, 0.3) is 11.4 Å². The molecule has 0 atom stereocenters. The minimum Gasteiger partial charge on any atom is -0.342 e. The Labute approximate surface area is 113 Å². The topological polar surface area (TPSA) is 41.6 Å². The number of nitrogens with one attached hydrogen (secondary N) is 1. The van der Waals surface area contributed by atoms with Gasteiger partial charge in [0.05, 0.1) is 4.47 Å². The van der Waals surface area contributed by atoms with Gasteiger partial charge >= 0.3 is 0 Å². The Kier molecular flexibility index (Phi) is 3.69. The van der Waals surface area contributed by atoms with Crippen molar-refractivity contribution in [3.8, 4) is 11.4 Å². The molecule has 0 aliphatic heterocycles. The molecule has 2 heterocycles. The van der Waals surface area contributed by atoms with E-state index in [4.69, 9.17) is 12.2 Å². The van der Waals surface area contributed by atoms with Crippen molar-refractivity contribution in [3.05, 3.63) is 38.8 Å². The highest BCUT2D eigenvalue weighted by molar-refractivity contribution is 9.10. The second-order valence-corrected chi connectivity index (χ2v) is 4.91. The summed E-state index contributed by atoms with van der Waals surface area (Å²) in [5, 5.41) is 0. The lowest BCUT2D eigenvalue weighted by molar-refractivity contribution is 0.980. The number of halogens is 1. The SMILES string of the molecule is CCc1[nH]c(-c2cnccc2C)nc(=S)c1Br. The molecule has 0 spiro atoms. The van der Waals surface area contributed by atoms with Crippen molar-refractivity contribution in [1.82, 2.24) is 15.0 Å². The molecule has 0 unspecified atom stereocenters. The van der Waals surface area contributed by atoms with Crippen molar-refractivity contribution in [2.24, 2.45) is 0 Å². The average molecular weight is 310 g/mol. The van der Waals surface area contributed by atoms with Gasteiger partial charge in [-0.3, -0.25) is 4.98 Å². The van der Waals surface area contributed by atoms with Gasteiger partial charge in [-0.2, -0.15) is 0 Å². The number of hydrogen-bond donors (Lipinski definition) is 1. The average Bonchev–Trinajstić information content (AvgIpc) is 2.33. The third-order valence-corrected chi connectivity index (χ3v) is 4.00. The molecule has 0 saturated heterocycles. The summed E-state index contributed by atoms with van der Waals surface area (Å²) < 4.78 is 1.46. The lowest BCUT2D eigenvalue weighted by Gasteiger charge is -2.08. The molecule has 0 bridgehead atoms. The van der Waals surface area contributed by atoms with Crippen LogP contribution in [0.15, 0.2) is 22.9 Å². The van der Waals surface area contributed by atoms with Crippen LogP contribution in [-0.4, -0.2) is 15.0 Å². The van der Waals surface area contributed by atoms with Crippen LogP contribution in [0.2, 0.25) is 0 Å². The van der Waals surface area contributed by atoms with Crippen LogP contribution >= 0.6 is 28.1 Å². The third-order valence-electron chi connectivity index (χ3n) is 2.58. The first-order valence-electron chi connectivity index (χ1n) is 5.33. The zero-order valence-corrected chi connectivity index (χ0v) is 12.0. The summed E-state index contributed by atoms with van der Waals surface area (Å²) in [6, 6.07) is 1.96. The van der Waals surface area contributed by atoms with Crippen molar-refractivity contribution < 1.29 is 0 Å². The van der Waals surface area contributed by atoms with E-state index >= 15 is 0 Å². The largest absolute Gasteiger partial charge is 0.342 e. The predicted octanol–water partition coefficient (Wildman–Crippen LogP) is 3.83. The van der Waals surface area contributed by atoms with Crippen LogP contribution in [0, 0.1) is 11.6 Å². The number of hydrogen-bond acceptors (Lipinski definition) is 3. The number of aryl methyl sites for hydroxylation is 2. The van der Waals surface area contributed by atoms with E-state index < -0.39 is 0 Å². The summed E-state index contributed by atoms with van der Waals surface area (Å²) >= 11 is 8.69. The van der Waals surface area contributed by atoms with Gasteiger partial charge in [-0.15, -0.1) is 0 Å². The Bertz CT molecular complexity index is 607. The number of aromatic amines is 1. The number of aromatic nitrogens is 3. The minimum absolute atomic E-state index is 0.582. The van der Waals surface area contributed by atoms with E-state index in [-0.39, 0.29) is 0 Å². The maximum Gasteiger partial charge on any atom is 0.144 e. The molecule has 2 aromatic rings. The lowest BCUT2D eigenvalue weighted by atomic mass is 10.1. The Morgan fingerprint density at radius 3 is 2.88 bits per heavy atom. The maximum absolute atomic E-state index is 5.24. The van der Waals surface area contributed by atoms with Crippen molar-refractivity contribution in [1.29, 1.82) is 0 Å². The number of rotatable bonds is 2. The van der Waals surface area contributed by atoms with Gasteiger partial charge in [0, 0.05) is 23.7 Å². The van der Waals surface area contributed by atoms with E-state index in [1.165, 1.54) is 0 Å². The summed E-state index contributed by atoms with van der Waals surface area (Å²) in [4.78, 5) is 11.8. The fraction of sp³-hybridized carbons (Fsp3) is 0.250. The first-order valence-corrected chi connectivity index (χ1v) is 6.53. The van der Waals surface area contributed by atoms with Gasteiger partial charge in [0.2, 0.25) is 0 Å². The number of H-pyrrole nitrogens is 1. The summed E-state index contributed by atoms with van der Waals surface area (Å²) in [5.74, 6) is 0.778. The summed E-state index contributed by atoms with van der Waals surface area (Å²) in [5.41, 5.74) is 3.17. The molecule has 2 rings (SSSR count). The molecular weight excluding hydrogens is 298 g/mol. The highest BCUT2D eigenvalue weighted by atomic mass is 79.9. The van der Waals surface area contributed by atoms with E-state index in [0.717, 1.165) is 33.5 Å². The molecule has 0 aliphatic rings. The fourth-order valence-electron chi connectivity index (χ4n) is 1.59. The zero-order chi connectivity index (χ0) is 12.4. The van der Waals surface area contributed by atoms with E-state index in [1.807, 2.05) is 13.0 Å². The molecule has 1 N–H and O–H groups in total. The number of pyridine rings is 1. The molecule has 5 heteroatoms. The Morgan fingerprint density at radius 2 is 2.24 bits per heavy atom. The highest BCUT2D eigenvalue weighted by Crippen LogP contribution is 2.23. The quantitative estimate of drug-likeness (QED) is 0.857. The predicted molar refractivity (Wildman–Crippen MR) is 74.5 cm³/mol. The Hall–Kier alpha value is -1.07. The van der Waals surface area contributed by atoms with Gasteiger partial charge in [0.1, 0.15) is 10.5 Å². The first kappa shape index (κ1) is 12.4. The monoisotopic (exact) mass is 309 g/mol. The molecule has 0 radical (unpaired) electrons. The second kappa shape index (κ2) is 5.06. The molecule has 0 aliphatic carbocycles. The maximum atomic E-state index is 5.24. The van der Waals surface area contributed by atoms with Crippen LogP contribution in [-0.2, 0) is 6.42 Å². The van der Waals surface area contributed by atoms with Gasteiger partial charge in [-0.25, -0.2) is 4.98 Å². The highest BCUT2D eigenvalue weighted by Gasteiger charge is 2.08. The van der Waals surface area contributed by atoms with Crippen molar-refractivity contribution in [3.63, 3.8) is 0 Å². The minimum atomic E-state index is 0.582. The smallest absolute Gasteiger partial charge is 0.144 e. The van der Waals surface area contributed by atoms with E-state index in [0.29, 0.717) is 4.64 Å². The molecular formula is C12H12BrN3S. The molecule has 0 fully saturated rings. The first-order chi connectivity index (χ1) is 8.13. The summed E-state index contributed by atoms with van der Waals surface area (Å²) in [6.45, 7) is 4.11. The van der Waals surface area contributed by atoms with Crippen molar-refractivity contribution in [2.45, 2.75) is 20.3 Å². The van der Waals surface area contributed by atoms with Crippen molar-refractivity contribution >= 4 is 28.1 Å². The number of nitrogens with zero attached hydrogens (tertiary/aromatic N) is 2. The van der Waals surface area contributed by atoms with E-state index in [1.54, 1.807) is 12.4 Å². The molecule has 88 valence electrons. The molecule has 3 nitrogen and oxygen atoms in total. The normalized spacial score (nSPS) is 10.5. The molecule has 0 saturated carbocycles. The lowest BCUT2D eigenvalue weighted by Crippen LogP contribution is -1.98. The second-order valence-electron chi connectivity index (χ2n) is 3.73. The van der Waals surface area contributed by atoms with Crippen LogP contribution in [0.4, 0.5) is 0 Å². The molecule has 0 aromatic carbocycles. The third kappa shape index (κ3) is 2.45.